The first-order valence-electron chi connectivity index (χ1n) is 10.5. The molecule has 2 aromatic rings. The topological polar surface area (TPSA) is 146 Å². The number of aromatic hydroxyl groups is 2. The van der Waals surface area contributed by atoms with Crippen LogP contribution in [0.2, 0.25) is 0 Å². The SMILES string of the molecule is COC(=O)c1cc(O)ccc1OC(=O)C1CCC(C(=O)Oc2ccc(O)cc2C(=O)OC)CC1. The number of phenols is 2. The van der Waals surface area contributed by atoms with Gasteiger partial charge in [-0.15, -0.1) is 0 Å². The molecule has 0 bridgehead atoms. The molecule has 0 heterocycles. The van der Waals surface area contributed by atoms with Crippen molar-refractivity contribution in [2.75, 3.05) is 14.2 Å². The summed E-state index contributed by atoms with van der Waals surface area (Å²) in [7, 11) is 2.34. The standard InChI is InChI=1S/C24H24O10/c1-31-23(29)17-11-15(25)7-9-19(17)33-21(27)13-3-5-14(6-4-13)22(28)34-20-10-8-16(26)12-18(20)24(30)32-2/h7-14,25-26H,3-6H2,1-2H3. The Kier molecular flexibility index (Phi) is 7.72. The summed E-state index contributed by atoms with van der Waals surface area (Å²) in [4.78, 5) is 49.1. The highest BCUT2D eigenvalue weighted by Gasteiger charge is 2.33. The van der Waals surface area contributed by atoms with E-state index in [9.17, 15) is 29.4 Å². The molecule has 10 heteroatoms. The molecule has 1 aliphatic rings. The average Bonchev–Trinajstić information content (AvgIpc) is 2.85. The molecule has 0 radical (unpaired) electrons. The van der Waals surface area contributed by atoms with Gasteiger partial charge in [-0.2, -0.15) is 0 Å². The fraction of sp³-hybridized carbons (Fsp3) is 0.333. The van der Waals surface area contributed by atoms with E-state index in [2.05, 4.69) is 9.47 Å². The number of rotatable bonds is 6. The van der Waals surface area contributed by atoms with Gasteiger partial charge in [-0.3, -0.25) is 9.59 Å². The number of carbonyl (C=O) groups excluding carboxylic acids is 4. The van der Waals surface area contributed by atoms with E-state index >= 15 is 0 Å². The van der Waals surface area contributed by atoms with Crippen LogP contribution in [0.3, 0.4) is 0 Å². The molecule has 1 saturated carbocycles. The van der Waals surface area contributed by atoms with Gasteiger partial charge in [0, 0.05) is 0 Å². The van der Waals surface area contributed by atoms with Crippen LogP contribution < -0.4 is 9.47 Å². The van der Waals surface area contributed by atoms with E-state index in [1.54, 1.807) is 0 Å². The number of phenolic OH excluding ortho intramolecular Hbond substituents is 2. The summed E-state index contributed by atoms with van der Waals surface area (Å²) < 4.78 is 20.1. The van der Waals surface area contributed by atoms with Gasteiger partial charge in [0.1, 0.15) is 34.1 Å². The van der Waals surface area contributed by atoms with Crippen LogP contribution in [0.4, 0.5) is 0 Å². The Morgan fingerprint density at radius 2 is 1.03 bits per heavy atom. The Bertz CT molecular complexity index is 1010. The monoisotopic (exact) mass is 472 g/mol. The number of ether oxygens (including phenoxy) is 4. The van der Waals surface area contributed by atoms with E-state index in [1.165, 1.54) is 38.5 Å². The van der Waals surface area contributed by atoms with Crippen LogP contribution in [0.5, 0.6) is 23.0 Å². The number of hydrogen-bond donors (Lipinski definition) is 2. The van der Waals surface area contributed by atoms with Crippen molar-refractivity contribution in [1.29, 1.82) is 0 Å². The van der Waals surface area contributed by atoms with Gasteiger partial charge in [0.25, 0.3) is 0 Å². The summed E-state index contributed by atoms with van der Waals surface area (Å²) in [5.41, 5.74) is -0.160. The molecule has 2 N–H and O–H groups in total. The molecule has 1 aliphatic carbocycles. The molecule has 3 rings (SSSR count). The second kappa shape index (κ2) is 10.7. The summed E-state index contributed by atoms with van der Waals surface area (Å²) in [6.07, 6.45) is 1.40. The van der Waals surface area contributed by atoms with Crippen LogP contribution >= 0.6 is 0 Å². The molecule has 2 aromatic carbocycles. The largest absolute Gasteiger partial charge is 0.508 e. The minimum atomic E-state index is -0.759. The third-order valence-corrected chi connectivity index (χ3v) is 5.55. The summed E-state index contributed by atoms with van der Waals surface area (Å²) in [5, 5.41) is 19.2. The number of hydrogen-bond acceptors (Lipinski definition) is 10. The van der Waals surface area contributed by atoms with E-state index in [4.69, 9.17) is 9.47 Å². The maximum absolute atomic E-state index is 12.6. The van der Waals surface area contributed by atoms with Crippen LogP contribution in [0.25, 0.3) is 0 Å². The maximum atomic E-state index is 12.6. The average molecular weight is 472 g/mol. The highest BCUT2D eigenvalue weighted by Crippen LogP contribution is 2.33. The molecule has 1 fully saturated rings. The van der Waals surface area contributed by atoms with Crippen LogP contribution in [-0.2, 0) is 19.1 Å². The van der Waals surface area contributed by atoms with Gasteiger partial charge < -0.3 is 29.2 Å². The van der Waals surface area contributed by atoms with Gasteiger partial charge in [-0.05, 0) is 62.1 Å². The van der Waals surface area contributed by atoms with Gasteiger partial charge in [0.05, 0.1) is 26.1 Å². The molecular weight excluding hydrogens is 448 g/mol. The summed E-state index contributed by atoms with van der Waals surface area (Å²) >= 11 is 0. The second-order valence-corrected chi connectivity index (χ2v) is 7.73. The third kappa shape index (κ3) is 5.64. The van der Waals surface area contributed by atoms with E-state index in [0.717, 1.165) is 12.1 Å². The predicted octanol–water partition coefficient (Wildman–Crippen LogP) is 2.99. The lowest BCUT2D eigenvalue weighted by Gasteiger charge is -2.26. The molecule has 0 aliphatic heterocycles. The quantitative estimate of drug-likeness (QED) is 0.475. The normalized spacial score (nSPS) is 17.4. The zero-order valence-corrected chi connectivity index (χ0v) is 18.6. The molecule has 34 heavy (non-hydrogen) atoms. The van der Waals surface area contributed by atoms with Crippen molar-refractivity contribution >= 4 is 23.9 Å². The molecule has 0 unspecified atom stereocenters. The molecule has 0 spiro atoms. The van der Waals surface area contributed by atoms with Crippen molar-refractivity contribution in [2.45, 2.75) is 25.7 Å². The van der Waals surface area contributed by atoms with Gasteiger partial charge in [-0.1, -0.05) is 0 Å². The van der Waals surface area contributed by atoms with Crippen molar-refractivity contribution < 1.29 is 48.3 Å². The van der Waals surface area contributed by atoms with Gasteiger partial charge in [0.15, 0.2) is 0 Å². The van der Waals surface area contributed by atoms with Crippen molar-refractivity contribution in [1.82, 2.24) is 0 Å². The lowest BCUT2D eigenvalue weighted by molar-refractivity contribution is -0.145. The summed E-state index contributed by atoms with van der Waals surface area (Å²) in [5.74, 6) is -4.05. The Labute approximate surface area is 195 Å². The van der Waals surface area contributed by atoms with E-state index in [0.29, 0.717) is 25.7 Å². The first kappa shape index (κ1) is 24.6. The van der Waals surface area contributed by atoms with Gasteiger partial charge >= 0.3 is 23.9 Å². The molecule has 0 atom stereocenters. The van der Waals surface area contributed by atoms with Crippen LogP contribution in [0, 0.1) is 11.8 Å². The first-order chi connectivity index (χ1) is 16.2. The number of benzene rings is 2. The molecule has 180 valence electrons. The van der Waals surface area contributed by atoms with Crippen molar-refractivity contribution in [3.05, 3.63) is 47.5 Å². The molecule has 0 saturated heterocycles. The fourth-order valence-corrected chi connectivity index (χ4v) is 3.70. The van der Waals surface area contributed by atoms with Crippen LogP contribution in [0.1, 0.15) is 46.4 Å². The van der Waals surface area contributed by atoms with Crippen molar-refractivity contribution in [2.24, 2.45) is 11.8 Å². The first-order valence-corrected chi connectivity index (χ1v) is 10.5. The molecular formula is C24H24O10. The lowest BCUT2D eigenvalue weighted by Crippen LogP contribution is -2.31. The smallest absolute Gasteiger partial charge is 0.341 e. The van der Waals surface area contributed by atoms with Crippen molar-refractivity contribution in [3.8, 4) is 23.0 Å². The zero-order valence-electron chi connectivity index (χ0n) is 18.6. The maximum Gasteiger partial charge on any atom is 0.341 e. The number of carbonyl (C=O) groups is 4. The Morgan fingerprint density at radius 3 is 1.35 bits per heavy atom. The Morgan fingerprint density at radius 1 is 0.676 bits per heavy atom. The summed E-state index contributed by atoms with van der Waals surface area (Å²) in [6, 6.07) is 7.47. The third-order valence-electron chi connectivity index (χ3n) is 5.55. The van der Waals surface area contributed by atoms with E-state index < -0.39 is 35.7 Å². The minimum Gasteiger partial charge on any atom is -0.508 e. The van der Waals surface area contributed by atoms with Crippen LogP contribution in [-0.4, -0.2) is 48.3 Å². The zero-order chi connectivity index (χ0) is 24.8. The van der Waals surface area contributed by atoms with Crippen LogP contribution in [0.15, 0.2) is 36.4 Å². The van der Waals surface area contributed by atoms with Gasteiger partial charge in [0.2, 0.25) is 0 Å². The second-order valence-electron chi connectivity index (χ2n) is 7.73. The highest BCUT2D eigenvalue weighted by molar-refractivity contribution is 5.95. The lowest BCUT2D eigenvalue weighted by atomic mass is 9.82. The number of methoxy groups -OCH3 is 2. The van der Waals surface area contributed by atoms with Gasteiger partial charge in [-0.25, -0.2) is 9.59 Å². The fourth-order valence-electron chi connectivity index (χ4n) is 3.70. The number of esters is 4. The van der Waals surface area contributed by atoms with Crippen molar-refractivity contribution in [3.63, 3.8) is 0 Å². The highest BCUT2D eigenvalue weighted by atomic mass is 16.6. The summed E-state index contributed by atoms with van der Waals surface area (Å²) in [6.45, 7) is 0. The molecule has 10 nitrogen and oxygen atoms in total. The molecule has 0 aromatic heterocycles. The minimum absolute atomic E-state index is 0.0288. The Balaban J connectivity index is 1.61. The Hall–Kier alpha value is -4.08. The molecule has 0 amide bonds. The van der Waals surface area contributed by atoms with E-state index in [-0.39, 0.29) is 34.1 Å². The predicted molar refractivity (Wildman–Crippen MR) is 116 cm³/mol. The van der Waals surface area contributed by atoms with E-state index in [1.807, 2.05) is 0 Å².